The van der Waals surface area contributed by atoms with E-state index >= 15 is 0 Å². The number of urea groups is 1. The minimum atomic E-state index is -1.02. The molecule has 0 aliphatic rings. The molecule has 0 saturated heterocycles. The lowest BCUT2D eigenvalue weighted by atomic mass is 10.2. The van der Waals surface area contributed by atoms with Crippen molar-refractivity contribution < 1.29 is 23.5 Å². The Morgan fingerprint density at radius 2 is 2.05 bits per heavy atom. The molecule has 0 bridgehead atoms. The van der Waals surface area contributed by atoms with Gasteiger partial charge in [-0.05, 0) is 24.6 Å². The molecule has 0 aromatic heterocycles. The number of amides is 3. The molecule has 3 amide bonds. The molecule has 2 N–H and O–H groups in total. The first-order valence-electron chi connectivity index (χ1n) is 6.64. The van der Waals surface area contributed by atoms with Gasteiger partial charge in [0.05, 0.1) is 5.56 Å². The molecule has 0 aliphatic carbocycles. The predicted molar refractivity (Wildman–Crippen MR) is 78.1 cm³/mol. The number of benzene rings is 1. The number of hydrogen-bond acceptors (Lipinski definition) is 4. The van der Waals surface area contributed by atoms with Gasteiger partial charge in [0.2, 0.25) is 0 Å². The lowest BCUT2D eigenvalue weighted by Gasteiger charge is -2.07. The first-order valence-corrected chi connectivity index (χ1v) is 7.01. The Balaban J connectivity index is 2.40. The Labute approximate surface area is 132 Å². The van der Waals surface area contributed by atoms with Gasteiger partial charge in [-0.2, -0.15) is 0 Å². The van der Waals surface area contributed by atoms with E-state index in [9.17, 15) is 18.8 Å². The van der Waals surface area contributed by atoms with Crippen molar-refractivity contribution in [2.75, 3.05) is 13.2 Å². The summed E-state index contributed by atoms with van der Waals surface area (Å²) < 4.78 is 18.1. The van der Waals surface area contributed by atoms with E-state index in [1.807, 2.05) is 12.2 Å². The summed E-state index contributed by atoms with van der Waals surface area (Å²) in [6, 6.07) is 2.75. The topological polar surface area (TPSA) is 84.5 Å². The Hall–Kier alpha value is -2.15. The number of halogens is 2. The summed E-state index contributed by atoms with van der Waals surface area (Å²) in [7, 11) is 0. The minimum Gasteiger partial charge on any atom is -0.452 e. The van der Waals surface area contributed by atoms with Crippen LogP contribution in [0.4, 0.5) is 9.18 Å². The molecule has 0 aliphatic heterocycles. The summed E-state index contributed by atoms with van der Waals surface area (Å²) in [5, 5.41) is 4.59. The minimum absolute atomic E-state index is 0.135. The fourth-order valence-electron chi connectivity index (χ4n) is 1.45. The van der Waals surface area contributed by atoms with Gasteiger partial charge in [0.25, 0.3) is 5.91 Å². The molecule has 1 aromatic carbocycles. The number of carbonyl (C=O) groups excluding carboxylic acids is 3. The van der Waals surface area contributed by atoms with Crippen LogP contribution in [-0.2, 0) is 9.53 Å². The van der Waals surface area contributed by atoms with E-state index in [0.717, 1.165) is 25.0 Å². The van der Waals surface area contributed by atoms with Crippen molar-refractivity contribution >= 4 is 29.5 Å². The fraction of sp³-hybridized carbons (Fsp3) is 0.357. The highest BCUT2D eigenvalue weighted by atomic mass is 35.5. The molecule has 0 heterocycles. The lowest BCUT2D eigenvalue weighted by Crippen LogP contribution is -2.41. The van der Waals surface area contributed by atoms with Gasteiger partial charge in [-0.25, -0.2) is 14.0 Å². The van der Waals surface area contributed by atoms with Crippen molar-refractivity contribution in [2.24, 2.45) is 0 Å². The van der Waals surface area contributed by atoms with Gasteiger partial charge in [0, 0.05) is 11.6 Å². The highest BCUT2D eigenvalue weighted by molar-refractivity contribution is 6.30. The SMILES string of the molecule is CCCCNC(=O)NC(=O)COC(=O)c1ccc(Cl)cc1F. The average molecular weight is 331 g/mol. The van der Waals surface area contributed by atoms with Crippen molar-refractivity contribution in [1.29, 1.82) is 0 Å². The van der Waals surface area contributed by atoms with Crippen molar-refractivity contribution in [3.63, 3.8) is 0 Å². The fourth-order valence-corrected chi connectivity index (χ4v) is 1.61. The zero-order valence-electron chi connectivity index (χ0n) is 11.9. The highest BCUT2D eigenvalue weighted by Gasteiger charge is 2.16. The van der Waals surface area contributed by atoms with Crippen LogP contribution in [0.25, 0.3) is 0 Å². The van der Waals surface area contributed by atoms with Crippen LogP contribution in [0.5, 0.6) is 0 Å². The molecular formula is C14H16ClFN2O4. The molecular weight excluding hydrogens is 315 g/mol. The van der Waals surface area contributed by atoms with Crippen molar-refractivity contribution in [3.8, 4) is 0 Å². The standard InChI is InChI=1S/C14H16ClFN2O4/c1-2-3-6-17-14(21)18-12(19)8-22-13(20)10-5-4-9(15)7-11(10)16/h4-5,7H,2-3,6,8H2,1H3,(H2,17,18,19,21). The van der Waals surface area contributed by atoms with Crippen molar-refractivity contribution in [1.82, 2.24) is 10.6 Å². The van der Waals surface area contributed by atoms with E-state index in [-0.39, 0.29) is 10.6 Å². The normalized spacial score (nSPS) is 9.95. The molecule has 0 unspecified atom stereocenters. The summed E-state index contributed by atoms with van der Waals surface area (Å²) in [5.74, 6) is -2.68. The maximum Gasteiger partial charge on any atom is 0.341 e. The Morgan fingerprint density at radius 1 is 1.32 bits per heavy atom. The maximum atomic E-state index is 13.5. The number of hydrogen-bond donors (Lipinski definition) is 2. The van der Waals surface area contributed by atoms with E-state index in [0.29, 0.717) is 6.54 Å². The molecule has 0 saturated carbocycles. The third kappa shape index (κ3) is 6.09. The highest BCUT2D eigenvalue weighted by Crippen LogP contribution is 2.15. The number of esters is 1. The first-order chi connectivity index (χ1) is 10.4. The second-order valence-electron chi connectivity index (χ2n) is 4.36. The van der Waals surface area contributed by atoms with Crippen LogP contribution in [-0.4, -0.2) is 31.1 Å². The zero-order valence-corrected chi connectivity index (χ0v) is 12.7. The molecule has 120 valence electrons. The predicted octanol–water partition coefficient (Wildman–Crippen LogP) is 2.26. The number of nitrogens with one attached hydrogen (secondary N) is 2. The number of rotatable bonds is 6. The monoisotopic (exact) mass is 330 g/mol. The van der Waals surface area contributed by atoms with Crippen LogP contribution < -0.4 is 10.6 Å². The summed E-state index contributed by atoms with van der Waals surface area (Å²) >= 11 is 5.56. The molecule has 8 heteroatoms. The average Bonchev–Trinajstić information content (AvgIpc) is 2.45. The van der Waals surface area contributed by atoms with Crippen LogP contribution in [0, 0.1) is 5.82 Å². The van der Waals surface area contributed by atoms with Gasteiger partial charge in [0.15, 0.2) is 6.61 Å². The molecule has 22 heavy (non-hydrogen) atoms. The van der Waals surface area contributed by atoms with Gasteiger partial charge in [0.1, 0.15) is 5.82 Å². The van der Waals surface area contributed by atoms with Gasteiger partial charge < -0.3 is 10.1 Å². The van der Waals surface area contributed by atoms with Crippen LogP contribution in [0.1, 0.15) is 30.1 Å². The number of imide groups is 1. The first kappa shape index (κ1) is 17.9. The van der Waals surface area contributed by atoms with Crippen molar-refractivity contribution in [3.05, 3.63) is 34.6 Å². The molecule has 0 spiro atoms. The molecule has 0 fully saturated rings. The van der Waals surface area contributed by atoms with Crippen LogP contribution in [0.2, 0.25) is 5.02 Å². The van der Waals surface area contributed by atoms with E-state index < -0.39 is 30.3 Å². The van der Waals surface area contributed by atoms with Gasteiger partial charge >= 0.3 is 12.0 Å². The number of carbonyl (C=O) groups is 3. The van der Waals surface area contributed by atoms with Gasteiger partial charge in [-0.15, -0.1) is 0 Å². The lowest BCUT2D eigenvalue weighted by molar-refractivity contribution is -0.123. The summed E-state index contributed by atoms with van der Waals surface area (Å²) in [6.07, 6.45) is 1.69. The number of unbranched alkanes of at least 4 members (excludes halogenated alkanes) is 1. The molecule has 0 radical (unpaired) electrons. The maximum absolute atomic E-state index is 13.5. The summed E-state index contributed by atoms with van der Waals surface area (Å²) in [5.41, 5.74) is -0.343. The zero-order chi connectivity index (χ0) is 16.5. The Bertz CT molecular complexity index is 566. The van der Waals surface area contributed by atoms with E-state index in [1.54, 1.807) is 0 Å². The smallest absolute Gasteiger partial charge is 0.341 e. The second-order valence-corrected chi connectivity index (χ2v) is 4.79. The van der Waals surface area contributed by atoms with Crippen LogP contribution in [0.15, 0.2) is 18.2 Å². The van der Waals surface area contributed by atoms with Crippen LogP contribution >= 0.6 is 11.6 Å². The van der Waals surface area contributed by atoms with E-state index in [2.05, 4.69) is 10.1 Å². The molecule has 0 atom stereocenters. The molecule has 1 aromatic rings. The third-order valence-corrected chi connectivity index (χ3v) is 2.79. The van der Waals surface area contributed by atoms with E-state index in [4.69, 9.17) is 11.6 Å². The van der Waals surface area contributed by atoms with Gasteiger partial charge in [-0.3, -0.25) is 10.1 Å². The second kappa shape index (κ2) is 8.99. The summed E-state index contributed by atoms with van der Waals surface area (Å²) in [6.45, 7) is 1.70. The Morgan fingerprint density at radius 3 is 2.68 bits per heavy atom. The number of ether oxygens (including phenoxy) is 1. The van der Waals surface area contributed by atoms with Crippen LogP contribution in [0.3, 0.4) is 0 Å². The molecule has 1 rings (SSSR count). The van der Waals surface area contributed by atoms with Crippen molar-refractivity contribution in [2.45, 2.75) is 19.8 Å². The van der Waals surface area contributed by atoms with E-state index in [1.165, 1.54) is 6.07 Å². The third-order valence-electron chi connectivity index (χ3n) is 2.55. The molecule has 6 nitrogen and oxygen atoms in total. The quantitative estimate of drug-likeness (QED) is 0.619. The van der Waals surface area contributed by atoms with Gasteiger partial charge in [-0.1, -0.05) is 24.9 Å². The largest absolute Gasteiger partial charge is 0.452 e. The summed E-state index contributed by atoms with van der Waals surface area (Å²) in [4.78, 5) is 34.3. The Kier molecular flexibility index (Phi) is 7.31.